The van der Waals surface area contributed by atoms with Crippen LogP contribution in [0.2, 0.25) is 0 Å². The van der Waals surface area contributed by atoms with Crippen LogP contribution in [0.3, 0.4) is 0 Å². The van der Waals surface area contributed by atoms with Crippen LogP contribution in [0.15, 0.2) is 12.7 Å². The maximum absolute atomic E-state index is 3.68. The Morgan fingerprint density at radius 2 is 2.31 bits per heavy atom. The third kappa shape index (κ3) is 3.49. The average Bonchev–Trinajstić information content (AvgIpc) is 2.39. The molecule has 1 saturated heterocycles. The number of hydrogen-bond donors (Lipinski definition) is 1. The monoisotopic (exact) mass is 182 g/mol. The second-order valence-electron chi connectivity index (χ2n) is 4.18. The Bertz CT molecular complexity index is 156. The molecular weight excluding hydrogens is 160 g/mol. The zero-order valence-corrected chi connectivity index (χ0v) is 8.92. The molecule has 2 atom stereocenters. The molecule has 0 spiro atoms. The lowest BCUT2D eigenvalue weighted by molar-refractivity contribution is 0.266. The van der Waals surface area contributed by atoms with Crippen molar-refractivity contribution < 1.29 is 0 Å². The lowest BCUT2D eigenvalue weighted by Crippen LogP contribution is -2.34. The van der Waals surface area contributed by atoms with Gasteiger partial charge in [0, 0.05) is 32.2 Å². The van der Waals surface area contributed by atoms with E-state index in [1.54, 1.807) is 0 Å². The molecule has 1 rings (SSSR count). The molecule has 1 aliphatic rings. The van der Waals surface area contributed by atoms with E-state index in [0.29, 0.717) is 0 Å². The summed E-state index contributed by atoms with van der Waals surface area (Å²) in [7, 11) is 0. The molecule has 0 saturated carbocycles. The van der Waals surface area contributed by atoms with Gasteiger partial charge in [0.05, 0.1) is 0 Å². The van der Waals surface area contributed by atoms with Gasteiger partial charge in [-0.05, 0) is 19.3 Å². The molecule has 0 bridgehead atoms. The normalized spacial score (nSPS) is 29.4. The summed E-state index contributed by atoms with van der Waals surface area (Å²) >= 11 is 0. The van der Waals surface area contributed by atoms with Gasteiger partial charge >= 0.3 is 0 Å². The summed E-state index contributed by atoms with van der Waals surface area (Å²) in [6.45, 7) is 12.8. The van der Waals surface area contributed by atoms with E-state index in [2.05, 4.69) is 30.6 Å². The molecule has 0 aromatic carbocycles. The Hall–Kier alpha value is -0.340. The van der Waals surface area contributed by atoms with Gasteiger partial charge in [-0.15, -0.1) is 6.58 Å². The molecule has 1 fully saturated rings. The lowest BCUT2D eigenvalue weighted by atomic mass is 10.1. The first-order chi connectivity index (χ1) is 6.24. The predicted molar refractivity (Wildman–Crippen MR) is 57.9 cm³/mol. The molecule has 13 heavy (non-hydrogen) atoms. The highest BCUT2D eigenvalue weighted by Gasteiger charge is 2.24. The van der Waals surface area contributed by atoms with Crippen molar-refractivity contribution in [2.45, 2.75) is 26.3 Å². The molecule has 1 heterocycles. The quantitative estimate of drug-likeness (QED) is 0.512. The third-order valence-corrected chi connectivity index (χ3v) is 2.78. The van der Waals surface area contributed by atoms with Crippen molar-refractivity contribution in [2.24, 2.45) is 5.92 Å². The SMILES string of the molecule is C=CCNCCN1CC(C)CC1C. The second kappa shape index (κ2) is 5.40. The van der Waals surface area contributed by atoms with E-state index in [-0.39, 0.29) is 0 Å². The topological polar surface area (TPSA) is 15.3 Å². The van der Waals surface area contributed by atoms with Gasteiger partial charge in [-0.25, -0.2) is 0 Å². The van der Waals surface area contributed by atoms with Gasteiger partial charge in [0.1, 0.15) is 0 Å². The van der Waals surface area contributed by atoms with Crippen LogP contribution in [0.25, 0.3) is 0 Å². The minimum absolute atomic E-state index is 0.778. The summed E-state index contributed by atoms with van der Waals surface area (Å²) in [5.41, 5.74) is 0. The van der Waals surface area contributed by atoms with Crippen molar-refractivity contribution in [1.82, 2.24) is 10.2 Å². The minimum Gasteiger partial charge on any atom is -0.312 e. The Kier molecular flexibility index (Phi) is 4.46. The molecule has 0 aromatic rings. The largest absolute Gasteiger partial charge is 0.312 e. The Labute approximate surface area is 82.0 Å². The number of rotatable bonds is 5. The van der Waals surface area contributed by atoms with Crippen LogP contribution in [-0.4, -0.2) is 37.1 Å². The number of nitrogens with one attached hydrogen (secondary N) is 1. The van der Waals surface area contributed by atoms with E-state index < -0.39 is 0 Å². The third-order valence-electron chi connectivity index (χ3n) is 2.78. The summed E-state index contributed by atoms with van der Waals surface area (Å²) in [6.07, 6.45) is 3.28. The molecule has 2 heteroatoms. The molecule has 0 aromatic heterocycles. The van der Waals surface area contributed by atoms with Crippen LogP contribution in [-0.2, 0) is 0 Å². The van der Waals surface area contributed by atoms with Crippen molar-refractivity contribution in [1.29, 1.82) is 0 Å². The summed E-state index contributed by atoms with van der Waals surface area (Å²) in [6, 6.07) is 0.778. The van der Waals surface area contributed by atoms with E-state index in [0.717, 1.165) is 25.0 Å². The van der Waals surface area contributed by atoms with Crippen molar-refractivity contribution in [3.63, 3.8) is 0 Å². The van der Waals surface area contributed by atoms with E-state index in [1.165, 1.54) is 19.5 Å². The van der Waals surface area contributed by atoms with Crippen LogP contribution in [0.4, 0.5) is 0 Å². The van der Waals surface area contributed by atoms with E-state index >= 15 is 0 Å². The molecule has 0 aliphatic carbocycles. The summed E-state index contributed by atoms with van der Waals surface area (Å²) < 4.78 is 0. The fourth-order valence-corrected chi connectivity index (χ4v) is 2.12. The van der Waals surface area contributed by atoms with Crippen molar-refractivity contribution in [2.75, 3.05) is 26.2 Å². The number of hydrogen-bond acceptors (Lipinski definition) is 2. The average molecular weight is 182 g/mol. The highest BCUT2D eigenvalue weighted by Crippen LogP contribution is 2.21. The highest BCUT2D eigenvalue weighted by atomic mass is 15.2. The zero-order chi connectivity index (χ0) is 9.68. The first-order valence-electron chi connectivity index (χ1n) is 5.29. The van der Waals surface area contributed by atoms with Crippen LogP contribution >= 0.6 is 0 Å². The fourth-order valence-electron chi connectivity index (χ4n) is 2.12. The fraction of sp³-hybridized carbons (Fsp3) is 0.818. The van der Waals surface area contributed by atoms with Crippen LogP contribution < -0.4 is 5.32 Å². The zero-order valence-electron chi connectivity index (χ0n) is 8.92. The van der Waals surface area contributed by atoms with E-state index in [1.807, 2.05) is 6.08 Å². The first kappa shape index (κ1) is 10.7. The Morgan fingerprint density at radius 1 is 1.54 bits per heavy atom. The summed E-state index contributed by atoms with van der Waals surface area (Å²) in [5.74, 6) is 0.884. The van der Waals surface area contributed by atoms with Crippen LogP contribution in [0, 0.1) is 5.92 Å². The smallest absolute Gasteiger partial charge is 0.0132 e. The summed E-state index contributed by atoms with van der Waals surface area (Å²) in [5, 5.41) is 3.34. The number of likely N-dealkylation sites (tertiary alicyclic amines) is 1. The van der Waals surface area contributed by atoms with Crippen LogP contribution in [0.1, 0.15) is 20.3 Å². The van der Waals surface area contributed by atoms with Gasteiger partial charge < -0.3 is 5.32 Å². The molecular formula is C11H22N2. The molecule has 0 amide bonds. The maximum atomic E-state index is 3.68. The molecule has 2 unspecified atom stereocenters. The predicted octanol–water partition coefficient (Wildman–Crippen LogP) is 1.49. The van der Waals surface area contributed by atoms with Crippen molar-refractivity contribution in [3.8, 4) is 0 Å². The van der Waals surface area contributed by atoms with Gasteiger partial charge in [0.25, 0.3) is 0 Å². The molecule has 76 valence electrons. The first-order valence-corrected chi connectivity index (χ1v) is 5.29. The van der Waals surface area contributed by atoms with Gasteiger partial charge in [-0.3, -0.25) is 4.90 Å². The molecule has 1 aliphatic heterocycles. The Balaban J connectivity index is 2.10. The van der Waals surface area contributed by atoms with Gasteiger partial charge in [0.15, 0.2) is 0 Å². The maximum Gasteiger partial charge on any atom is 0.0132 e. The Morgan fingerprint density at radius 3 is 2.85 bits per heavy atom. The lowest BCUT2D eigenvalue weighted by Gasteiger charge is -2.20. The molecule has 0 radical (unpaired) electrons. The van der Waals surface area contributed by atoms with Crippen molar-refractivity contribution >= 4 is 0 Å². The van der Waals surface area contributed by atoms with Crippen LogP contribution in [0.5, 0.6) is 0 Å². The van der Waals surface area contributed by atoms with E-state index in [4.69, 9.17) is 0 Å². The highest BCUT2D eigenvalue weighted by molar-refractivity contribution is 4.80. The van der Waals surface area contributed by atoms with Gasteiger partial charge in [0.2, 0.25) is 0 Å². The summed E-state index contributed by atoms with van der Waals surface area (Å²) in [4.78, 5) is 2.57. The standard InChI is InChI=1S/C11H22N2/c1-4-5-12-6-7-13-9-10(2)8-11(13)3/h4,10-12H,1,5-9H2,2-3H3. The molecule has 2 nitrogen and oxygen atoms in total. The second-order valence-corrected chi connectivity index (χ2v) is 4.18. The molecule has 1 N–H and O–H groups in total. The van der Waals surface area contributed by atoms with Crippen molar-refractivity contribution in [3.05, 3.63) is 12.7 Å². The van der Waals surface area contributed by atoms with Gasteiger partial charge in [-0.1, -0.05) is 13.0 Å². The van der Waals surface area contributed by atoms with Gasteiger partial charge in [-0.2, -0.15) is 0 Å². The van der Waals surface area contributed by atoms with E-state index in [9.17, 15) is 0 Å². The minimum atomic E-state index is 0.778. The number of nitrogens with zero attached hydrogens (tertiary/aromatic N) is 1.